The zero-order valence-corrected chi connectivity index (χ0v) is 10.2. The molecule has 1 aromatic carbocycles. The van der Waals surface area contributed by atoms with E-state index in [0.29, 0.717) is 0 Å². The number of aryl methyl sites for hydroxylation is 2. The lowest BCUT2D eigenvalue weighted by Gasteiger charge is -1.94. The van der Waals surface area contributed by atoms with Crippen LogP contribution in [0.2, 0.25) is 5.02 Å². The zero-order chi connectivity index (χ0) is 10.8. The molecule has 0 spiro atoms. The molecule has 2 rings (SSSR count). The lowest BCUT2D eigenvalue weighted by atomic mass is 10.2. The Morgan fingerprint density at radius 1 is 1.47 bits per heavy atom. The zero-order valence-electron chi connectivity index (χ0n) is 8.59. The van der Waals surface area contributed by atoms with Crippen molar-refractivity contribution in [1.82, 2.24) is 4.98 Å². The Morgan fingerprint density at radius 2 is 2.27 bits per heavy atom. The van der Waals surface area contributed by atoms with Crippen LogP contribution < -0.4 is 5.73 Å². The van der Waals surface area contributed by atoms with Gasteiger partial charge in [-0.25, -0.2) is 4.98 Å². The van der Waals surface area contributed by atoms with E-state index in [1.165, 1.54) is 4.70 Å². The molecule has 0 amide bonds. The van der Waals surface area contributed by atoms with Gasteiger partial charge in [-0.05, 0) is 37.6 Å². The SMILES string of the molecule is Cc1cc(Cl)cc2sc(CCCN)nc12. The van der Waals surface area contributed by atoms with Crippen LogP contribution in [0.25, 0.3) is 10.2 Å². The summed E-state index contributed by atoms with van der Waals surface area (Å²) in [6.07, 6.45) is 1.96. The van der Waals surface area contributed by atoms with E-state index >= 15 is 0 Å². The number of nitrogens with two attached hydrogens (primary N) is 1. The first-order chi connectivity index (χ1) is 7.20. The fourth-order valence-electron chi connectivity index (χ4n) is 1.56. The molecule has 1 heterocycles. The molecule has 15 heavy (non-hydrogen) atoms. The number of hydrogen-bond acceptors (Lipinski definition) is 3. The van der Waals surface area contributed by atoms with E-state index in [1.54, 1.807) is 11.3 Å². The van der Waals surface area contributed by atoms with Crippen LogP contribution in [0.5, 0.6) is 0 Å². The molecular formula is C11H13ClN2S. The van der Waals surface area contributed by atoms with Crippen molar-refractivity contribution in [3.63, 3.8) is 0 Å². The predicted molar refractivity (Wildman–Crippen MR) is 66.7 cm³/mol. The van der Waals surface area contributed by atoms with E-state index < -0.39 is 0 Å². The van der Waals surface area contributed by atoms with Crippen LogP contribution in [-0.4, -0.2) is 11.5 Å². The quantitative estimate of drug-likeness (QED) is 0.895. The van der Waals surface area contributed by atoms with Crippen LogP contribution in [0.4, 0.5) is 0 Å². The summed E-state index contributed by atoms with van der Waals surface area (Å²) in [5.41, 5.74) is 7.71. The molecule has 0 fully saturated rings. The number of fused-ring (bicyclic) bond motifs is 1. The summed E-state index contributed by atoms with van der Waals surface area (Å²) in [5.74, 6) is 0. The second-order valence-electron chi connectivity index (χ2n) is 3.57. The van der Waals surface area contributed by atoms with Gasteiger partial charge in [0.25, 0.3) is 0 Å². The second-order valence-corrected chi connectivity index (χ2v) is 5.12. The summed E-state index contributed by atoms with van der Waals surface area (Å²) in [6.45, 7) is 2.76. The van der Waals surface area contributed by atoms with Gasteiger partial charge >= 0.3 is 0 Å². The Balaban J connectivity index is 2.41. The van der Waals surface area contributed by atoms with Crippen LogP contribution in [0, 0.1) is 6.92 Å². The van der Waals surface area contributed by atoms with Crippen molar-refractivity contribution in [3.8, 4) is 0 Å². The highest BCUT2D eigenvalue weighted by Crippen LogP contribution is 2.28. The van der Waals surface area contributed by atoms with Crippen molar-refractivity contribution >= 4 is 33.2 Å². The maximum absolute atomic E-state index is 6.00. The molecule has 1 aromatic heterocycles. The lowest BCUT2D eigenvalue weighted by Crippen LogP contribution is -1.99. The Kier molecular flexibility index (Phi) is 3.24. The highest BCUT2D eigenvalue weighted by atomic mass is 35.5. The third-order valence-electron chi connectivity index (χ3n) is 2.29. The third kappa shape index (κ3) is 2.30. The Labute approximate surface area is 98.1 Å². The van der Waals surface area contributed by atoms with Crippen molar-refractivity contribution in [2.45, 2.75) is 19.8 Å². The molecule has 4 heteroatoms. The molecule has 2 N–H and O–H groups in total. The number of aromatic nitrogens is 1. The molecule has 0 atom stereocenters. The minimum absolute atomic E-state index is 0.718. The average molecular weight is 241 g/mol. The molecular weight excluding hydrogens is 228 g/mol. The fraction of sp³-hybridized carbons (Fsp3) is 0.364. The summed E-state index contributed by atoms with van der Waals surface area (Å²) in [7, 11) is 0. The Hall–Kier alpha value is -0.640. The smallest absolute Gasteiger partial charge is 0.0939 e. The van der Waals surface area contributed by atoms with Gasteiger partial charge in [-0.1, -0.05) is 11.6 Å². The Morgan fingerprint density at radius 3 is 3.00 bits per heavy atom. The van der Waals surface area contributed by atoms with Gasteiger partial charge in [-0.2, -0.15) is 0 Å². The summed E-state index contributed by atoms with van der Waals surface area (Å²) >= 11 is 7.71. The van der Waals surface area contributed by atoms with E-state index in [-0.39, 0.29) is 0 Å². The molecule has 0 radical (unpaired) electrons. The van der Waals surface area contributed by atoms with Gasteiger partial charge in [0.05, 0.1) is 15.2 Å². The number of nitrogens with zero attached hydrogens (tertiary/aromatic N) is 1. The van der Waals surface area contributed by atoms with Gasteiger partial charge in [0.1, 0.15) is 0 Å². The minimum Gasteiger partial charge on any atom is -0.330 e. The first kappa shape index (κ1) is 10.9. The van der Waals surface area contributed by atoms with Crippen molar-refractivity contribution in [3.05, 3.63) is 27.7 Å². The van der Waals surface area contributed by atoms with Crippen molar-refractivity contribution in [2.75, 3.05) is 6.54 Å². The molecule has 0 bridgehead atoms. The third-order valence-corrected chi connectivity index (χ3v) is 3.57. The van der Waals surface area contributed by atoms with Gasteiger partial charge in [-0.3, -0.25) is 0 Å². The Bertz CT molecular complexity index is 479. The summed E-state index contributed by atoms with van der Waals surface area (Å²) in [4.78, 5) is 4.60. The molecule has 2 nitrogen and oxygen atoms in total. The second kappa shape index (κ2) is 4.47. The highest BCUT2D eigenvalue weighted by Gasteiger charge is 2.06. The largest absolute Gasteiger partial charge is 0.330 e. The number of hydrogen-bond donors (Lipinski definition) is 1. The normalized spacial score (nSPS) is 11.1. The average Bonchev–Trinajstić information content (AvgIpc) is 2.57. The van der Waals surface area contributed by atoms with Crippen LogP contribution >= 0.6 is 22.9 Å². The number of halogens is 1. The molecule has 80 valence electrons. The number of thiazole rings is 1. The van der Waals surface area contributed by atoms with Crippen molar-refractivity contribution < 1.29 is 0 Å². The van der Waals surface area contributed by atoms with Crippen LogP contribution in [-0.2, 0) is 6.42 Å². The standard InChI is InChI=1S/C11H13ClN2S/c1-7-5-8(12)6-9-11(7)14-10(15-9)3-2-4-13/h5-6H,2-4,13H2,1H3. The molecule has 0 aliphatic heterocycles. The number of rotatable bonds is 3. The van der Waals surface area contributed by atoms with Crippen molar-refractivity contribution in [1.29, 1.82) is 0 Å². The van der Waals surface area contributed by atoms with Gasteiger partial charge in [0.2, 0.25) is 0 Å². The lowest BCUT2D eigenvalue weighted by molar-refractivity contribution is 0.828. The van der Waals surface area contributed by atoms with E-state index in [2.05, 4.69) is 4.98 Å². The molecule has 0 aliphatic rings. The summed E-state index contributed by atoms with van der Waals surface area (Å²) in [5, 5.41) is 1.94. The first-order valence-electron chi connectivity index (χ1n) is 4.96. The molecule has 0 aliphatic carbocycles. The van der Waals surface area contributed by atoms with Gasteiger partial charge in [0.15, 0.2) is 0 Å². The molecule has 2 aromatic rings. The van der Waals surface area contributed by atoms with Crippen LogP contribution in [0.1, 0.15) is 17.0 Å². The van der Waals surface area contributed by atoms with E-state index in [9.17, 15) is 0 Å². The predicted octanol–water partition coefficient (Wildman–Crippen LogP) is 3.15. The van der Waals surface area contributed by atoms with E-state index in [1.807, 2.05) is 19.1 Å². The van der Waals surface area contributed by atoms with Crippen LogP contribution in [0.3, 0.4) is 0 Å². The van der Waals surface area contributed by atoms with Gasteiger partial charge in [-0.15, -0.1) is 11.3 Å². The van der Waals surface area contributed by atoms with E-state index in [4.69, 9.17) is 17.3 Å². The van der Waals surface area contributed by atoms with Gasteiger partial charge in [0, 0.05) is 11.4 Å². The number of benzene rings is 1. The fourth-order valence-corrected chi connectivity index (χ4v) is 3.02. The van der Waals surface area contributed by atoms with Crippen molar-refractivity contribution in [2.24, 2.45) is 5.73 Å². The van der Waals surface area contributed by atoms with Gasteiger partial charge < -0.3 is 5.73 Å². The maximum Gasteiger partial charge on any atom is 0.0939 e. The summed E-state index contributed by atoms with van der Waals surface area (Å²) in [6, 6.07) is 3.93. The first-order valence-corrected chi connectivity index (χ1v) is 6.16. The highest BCUT2D eigenvalue weighted by molar-refractivity contribution is 7.18. The minimum atomic E-state index is 0.718. The molecule has 0 saturated carbocycles. The maximum atomic E-state index is 6.00. The monoisotopic (exact) mass is 240 g/mol. The van der Waals surface area contributed by atoms with Crippen LogP contribution in [0.15, 0.2) is 12.1 Å². The molecule has 0 unspecified atom stereocenters. The topological polar surface area (TPSA) is 38.9 Å². The summed E-state index contributed by atoms with van der Waals surface area (Å²) < 4.78 is 1.17. The van der Waals surface area contributed by atoms with E-state index in [0.717, 1.165) is 40.5 Å². The molecule has 0 saturated heterocycles.